The van der Waals surface area contributed by atoms with E-state index in [1.165, 1.54) is 11.1 Å². The van der Waals surface area contributed by atoms with Crippen molar-refractivity contribution >= 4 is 17.4 Å². The standard InChI is InChI=1S/C14H12N4O/c1-18(12-5-3-2-4-10(12)8-15)14(19)11-6-7-13(16)17-9-11/h2-7,9H,1H3,(H2,16,17). The number of nitrogens with zero attached hydrogens (tertiary/aromatic N) is 3. The van der Waals surface area contributed by atoms with Crippen molar-refractivity contribution in [2.24, 2.45) is 0 Å². The highest BCUT2D eigenvalue weighted by molar-refractivity contribution is 6.06. The number of aromatic nitrogens is 1. The van der Waals surface area contributed by atoms with Gasteiger partial charge in [0.1, 0.15) is 11.9 Å². The minimum absolute atomic E-state index is 0.241. The summed E-state index contributed by atoms with van der Waals surface area (Å²) in [7, 11) is 1.62. The Bertz CT molecular complexity index is 643. The minimum atomic E-state index is -0.241. The number of hydrogen-bond donors (Lipinski definition) is 1. The van der Waals surface area contributed by atoms with Crippen molar-refractivity contribution in [3.8, 4) is 6.07 Å². The number of nitrogens with two attached hydrogens (primary N) is 1. The molecule has 5 heteroatoms. The lowest BCUT2D eigenvalue weighted by Crippen LogP contribution is -2.27. The van der Waals surface area contributed by atoms with Crippen LogP contribution in [-0.4, -0.2) is 17.9 Å². The van der Waals surface area contributed by atoms with E-state index in [-0.39, 0.29) is 5.91 Å². The van der Waals surface area contributed by atoms with Crippen LogP contribution in [0.25, 0.3) is 0 Å². The Balaban J connectivity index is 2.34. The molecule has 0 spiro atoms. The van der Waals surface area contributed by atoms with Gasteiger partial charge in [0.15, 0.2) is 0 Å². The molecule has 94 valence electrons. The summed E-state index contributed by atoms with van der Waals surface area (Å²) in [6, 6.07) is 12.2. The van der Waals surface area contributed by atoms with E-state index >= 15 is 0 Å². The Morgan fingerprint density at radius 2 is 2.05 bits per heavy atom. The van der Waals surface area contributed by atoms with Crippen LogP contribution in [0, 0.1) is 11.3 Å². The van der Waals surface area contributed by atoms with Gasteiger partial charge >= 0.3 is 0 Å². The number of carbonyl (C=O) groups is 1. The lowest BCUT2D eigenvalue weighted by atomic mass is 10.1. The molecular formula is C14H12N4O. The van der Waals surface area contributed by atoms with Crippen LogP contribution in [0.4, 0.5) is 11.5 Å². The first-order valence-corrected chi connectivity index (χ1v) is 5.62. The normalized spacial score (nSPS) is 9.68. The minimum Gasteiger partial charge on any atom is -0.384 e. The largest absolute Gasteiger partial charge is 0.384 e. The van der Waals surface area contributed by atoms with Gasteiger partial charge in [0.25, 0.3) is 5.91 Å². The molecule has 0 radical (unpaired) electrons. The van der Waals surface area contributed by atoms with Crippen LogP contribution in [-0.2, 0) is 0 Å². The SMILES string of the molecule is CN(C(=O)c1ccc(N)nc1)c1ccccc1C#N. The highest BCUT2D eigenvalue weighted by Crippen LogP contribution is 2.20. The number of anilines is 2. The van der Waals surface area contributed by atoms with Crippen LogP contribution in [0.15, 0.2) is 42.6 Å². The van der Waals surface area contributed by atoms with Crippen LogP contribution < -0.4 is 10.6 Å². The van der Waals surface area contributed by atoms with E-state index in [2.05, 4.69) is 11.1 Å². The number of benzene rings is 1. The number of para-hydroxylation sites is 1. The smallest absolute Gasteiger partial charge is 0.259 e. The summed E-state index contributed by atoms with van der Waals surface area (Å²) in [4.78, 5) is 17.6. The monoisotopic (exact) mass is 252 g/mol. The van der Waals surface area contributed by atoms with E-state index in [0.29, 0.717) is 22.6 Å². The Morgan fingerprint density at radius 1 is 1.32 bits per heavy atom. The molecule has 2 aromatic rings. The Labute approximate surface area is 110 Å². The molecule has 0 bridgehead atoms. The van der Waals surface area contributed by atoms with Crippen molar-refractivity contribution in [3.63, 3.8) is 0 Å². The molecule has 19 heavy (non-hydrogen) atoms. The molecule has 0 aliphatic rings. The molecule has 0 aliphatic heterocycles. The predicted molar refractivity (Wildman–Crippen MR) is 72.5 cm³/mol. The van der Waals surface area contributed by atoms with Crippen LogP contribution in [0.5, 0.6) is 0 Å². The zero-order chi connectivity index (χ0) is 13.8. The molecule has 0 atom stereocenters. The molecule has 0 aliphatic carbocycles. The molecule has 1 aromatic carbocycles. The number of nitriles is 1. The molecule has 5 nitrogen and oxygen atoms in total. The fourth-order valence-corrected chi connectivity index (χ4v) is 1.70. The van der Waals surface area contributed by atoms with Gasteiger partial charge in [-0.05, 0) is 24.3 Å². The third-order valence-electron chi connectivity index (χ3n) is 2.72. The predicted octanol–water partition coefficient (Wildman–Crippen LogP) is 1.81. The van der Waals surface area contributed by atoms with Crippen molar-refractivity contribution in [3.05, 3.63) is 53.7 Å². The average Bonchev–Trinajstić information content (AvgIpc) is 2.46. The second-order valence-electron chi connectivity index (χ2n) is 3.96. The number of carbonyl (C=O) groups excluding carboxylic acids is 1. The maximum absolute atomic E-state index is 12.3. The summed E-state index contributed by atoms with van der Waals surface area (Å²) in [5.74, 6) is 0.117. The molecule has 0 fully saturated rings. The van der Waals surface area contributed by atoms with Gasteiger partial charge in [-0.25, -0.2) is 4.98 Å². The van der Waals surface area contributed by atoms with Crippen molar-refractivity contribution in [2.75, 3.05) is 17.7 Å². The van der Waals surface area contributed by atoms with Gasteiger partial charge in [-0.3, -0.25) is 4.79 Å². The maximum Gasteiger partial charge on any atom is 0.259 e. The summed E-state index contributed by atoms with van der Waals surface area (Å²) in [6.45, 7) is 0. The van der Waals surface area contributed by atoms with Crippen LogP contribution in [0.3, 0.4) is 0 Å². The Hall–Kier alpha value is -2.87. The second-order valence-corrected chi connectivity index (χ2v) is 3.96. The fourth-order valence-electron chi connectivity index (χ4n) is 1.70. The van der Waals surface area contributed by atoms with E-state index in [0.717, 1.165) is 0 Å². The Morgan fingerprint density at radius 3 is 2.68 bits per heavy atom. The summed E-state index contributed by atoms with van der Waals surface area (Å²) in [5, 5.41) is 9.04. The van der Waals surface area contributed by atoms with E-state index in [1.807, 2.05) is 0 Å². The third kappa shape index (κ3) is 2.53. The third-order valence-corrected chi connectivity index (χ3v) is 2.72. The van der Waals surface area contributed by atoms with Gasteiger partial charge in [0.05, 0.1) is 16.8 Å². The zero-order valence-electron chi connectivity index (χ0n) is 10.4. The highest BCUT2D eigenvalue weighted by atomic mass is 16.2. The van der Waals surface area contributed by atoms with E-state index < -0.39 is 0 Å². The number of rotatable bonds is 2. The van der Waals surface area contributed by atoms with Crippen molar-refractivity contribution in [2.45, 2.75) is 0 Å². The molecule has 0 saturated heterocycles. The van der Waals surface area contributed by atoms with Gasteiger partial charge in [-0.15, -0.1) is 0 Å². The van der Waals surface area contributed by atoms with Crippen LogP contribution in [0.2, 0.25) is 0 Å². The van der Waals surface area contributed by atoms with Crippen molar-refractivity contribution in [1.29, 1.82) is 5.26 Å². The van der Waals surface area contributed by atoms with Crippen molar-refractivity contribution < 1.29 is 4.79 Å². The van der Waals surface area contributed by atoms with E-state index in [9.17, 15) is 4.79 Å². The number of nitrogen functional groups attached to an aromatic ring is 1. The van der Waals surface area contributed by atoms with Gasteiger partial charge in [0, 0.05) is 13.2 Å². The number of pyridine rings is 1. The molecule has 1 aromatic heterocycles. The molecular weight excluding hydrogens is 240 g/mol. The first kappa shape index (κ1) is 12.6. The van der Waals surface area contributed by atoms with Crippen molar-refractivity contribution in [1.82, 2.24) is 4.98 Å². The number of hydrogen-bond acceptors (Lipinski definition) is 4. The number of amides is 1. The molecule has 0 saturated carbocycles. The first-order chi connectivity index (χ1) is 9.13. The molecule has 2 rings (SSSR count). The molecule has 2 N–H and O–H groups in total. The molecule has 1 amide bonds. The van der Waals surface area contributed by atoms with Crippen LogP contribution >= 0.6 is 0 Å². The average molecular weight is 252 g/mol. The quantitative estimate of drug-likeness (QED) is 0.883. The van der Waals surface area contributed by atoms with E-state index in [1.54, 1.807) is 43.4 Å². The Kier molecular flexibility index (Phi) is 3.44. The lowest BCUT2D eigenvalue weighted by Gasteiger charge is -2.18. The fraction of sp³-hybridized carbons (Fsp3) is 0.0714. The molecule has 1 heterocycles. The van der Waals surface area contributed by atoms with Gasteiger partial charge in [-0.1, -0.05) is 12.1 Å². The zero-order valence-corrected chi connectivity index (χ0v) is 10.4. The molecule has 0 unspecified atom stereocenters. The van der Waals surface area contributed by atoms with E-state index in [4.69, 9.17) is 11.0 Å². The summed E-state index contributed by atoms with van der Waals surface area (Å²) in [5.41, 5.74) is 6.91. The summed E-state index contributed by atoms with van der Waals surface area (Å²) in [6.07, 6.45) is 1.42. The highest BCUT2D eigenvalue weighted by Gasteiger charge is 2.16. The summed E-state index contributed by atoms with van der Waals surface area (Å²) < 4.78 is 0. The summed E-state index contributed by atoms with van der Waals surface area (Å²) >= 11 is 0. The van der Waals surface area contributed by atoms with Gasteiger partial charge in [-0.2, -0.15) is 5.26 Å². The first-order valence-electron chi connectivity index (χ1n) is 5.62. The maximum atomic E-state index is 12.3. The van der Waals surface area contributed by atoms with Crippen LogP contribution in [0.1, 0.15) is 15.9 Å². The van der Waals surface area contributed by atoms with Gasteiger partial charge in [0.2, 0.25) is 0 Å². The second kappa shape index (κ2) is 5.19. The lowest BCUT2D eigenvalue weighted by molar-refractivity contribution is 0.0992. The van der Waals surface area contributed by atoms with Gasteiger partial charge < -0.3 is 10.6 Å². The topological polar surface area (TPSA) is 83.0 Å².